The van der Waals surface area contributed by atoms with Crippen molar-refractivity contribution in [2.75, 3.05) is 31.3 Å². The molecule has 5 aromatic rings. The Labute approximate surface area is 301 Å². The molecule has 22 nitrogen and oxygen atoms in total. The van der Waals surface area contributed by atoms with Gasteiger partial charge in [0.05, 0.1) is 37.4 Å². The van der Waals surface area contributed by atoms with Crippen LogP contribution in [0.1, 0.15) is 18.0 Å². The maximum atomic E-state index is 15.8. The van der Waals surface area contributed by atoms with Crippen LogP contribution in [-0.4, -0.2) is 121 Å². The zero-order valence-electron chi connectivity index (χ0n) is 27.0. The van der Waals surface area contributed by atoms with Gasteiger partial charge in [-0.05, 0) is 17.4 Å². The third-order valence-corrected chi connectivity index (χ3v) is 10.1. The molecule has 4 aromatic heterocycles. The predicted molar refractivity (Wildman–Crippen MR) is 181 cm³/mol. The maximum Gasteiger partial charge on any atom is 0.325 e. The number of imidazole rings is 2. The molecule has 1 aromatic carbocycles. The zero-order chi connectivity index (χ0) is 37.6. The third-order valence-electron chi connectivity index (χ3n) is 8.56. The average molecular weight is 780 g/mol. The molecule has 0 aliphatic carbocycles. The number of aliphatic hydroxyl groups is 3. The summed E-state index contributed by atoms with van der Waals surface area (Å²) in [6, 6.07) is 5.97. The molecule has 1 unspecified atom stereocenters. The van der Waals surface area contributed by atoms with Crippen LogP contribution in [0, 0.1) is 10.1 Å². The zero-order valence-corrected chi connectivity index (χ0v) is 28.8. The van der Waals surface area contributed by atoms with Crippen LogP contribution in [0.2, 0.25) is 0 Å². The van der Waals surface area contributed by atoms with Crippen molar-refractivity contribution < 1.29 is 52.8 Å². The number of hydrogen-bond donors (Lipinski definition) is 6. The lowest BCUT2D eigenvalue weighted by Crippen LogP contribution is -2.35. The SMILES string of the molecule is Nc1nc(OCCc2ccc([N+](=O)[O-])cc2)c2ncn([C@@H]3O[C@H](COP(O)(=S)O[C@H]4[C@@H](F)[C@H](n5cnc6c(N)ncnc65)O[C@@H]4CO)[C@@H](O)[C@H]3O)c2n1. The van der Waals surface area contributed by atoms with E-state index in [1.165, 1.54) is 33.9 Å². The molecule has 9 atom stereocenters. The summed E-state index contributed by atoms with van der Waals surface area (Å²) in [4.78, 5) is 45.9. The molecule has 0 bridgehead atoms. The van der Waals surface area contributed by atoms with Gasteiger partial charge < -0.3 is 50.4 Å². The number of hydrogen-bond acceptors (Lipinski definition) is 19. The molecule has 2 aliphatic rings. The topological polar surface area (TPSA) is 309 Å². The number of halogens is 1. The molecule has 53 heavy (non-hydrogen) atoms. The first-order valence-electron chi connectivity index (χ1n) is 15.7. The molecular formula is C28H31FN11O11PS. The summed E-state index contributed by atoms with van der Waals surface area (Å²) in [5.74, 6) is -0.120. The molecule has 7 rings (SSSR count). The first-order chi connectivity index (χ1) is 25.3. The second-order valence-electron chi connectivity index (χ2n) is 11.9. The number of benzene rings is 1. The Balaban J connectivity index is 0.997. The predicted octanol–water partition coefficient (Wildman–Crippen LogP) is -0.174. The van der Waals surface area contributed by atoms with Gasteiger partial charge in [-0.25, -0.2) is 24.3 Å². The molecule has 0 saturated carbocycles. The van der Waals surface area contributed by atoms with E-state index in [1.54, 1.807) is 12.1 Å². The molecule has 0 amide bonds. The van der Waals surface area contributed by atoms with Gasteiger partial charge in [-0.15, -0.1) is 0 Å². The summed E-state index contributed by atoms with van der Waals surface area (Å²) in [6.07, 6.45) is -7.97. The monoisotopic (exact) mass is 779 g/mol. The number of aromatic nitrogens is 8. The number of anilines is 2. The summed E-state index contributed by atoms with van der Waals surface area (Å²) in [6.45, 7) is -5.52. The lowest BCUT2D eigenvalue weighted by atomic mass is 10.1. The Morgan fingerprint density at radius 1 is 0.981 bits per heavy atom. The van der Waals surface area contributed by atoms with Crippen molar-refractivity contribution in [3.63, 3.8) is 0 Å². The number of alkyl halides is 1. The number of nitrogens with two attached hydrogens (primary N) is 2. The normalized spacial score (nSPS) is 27.0. The highest BCUT2D eigenvalue weighted by molar-refractivity contribution is 8.07. The smallest absolute Gasteiger partial charge is 0.325 e. The number of nitro benzene ring substituents is 1. The van der Waals surface area contributed by atoms with Crippen molar-refractivity contribution in [2.24, 2.45) is 0 Å². The Morgan fingerprint density at radius 2 is 1.68 bits per heavy atom. The van der Waals surface area contributed by atoms with Gasteiger partial charge in [0, 0.05) is 18.6 Å². The van der Waals surface area contributed by atoms with Gasteiger partial charge in [0.2, 0.25) is 11.8 Å². The fraction of sp³-hybridized carbons (Fsp3) is 0.429. The number of fused-ring (bicyclic) bond motifs is 2. The summed E-state index contributed by atoms with van der Waals surface area (Å²) < 4.78 is 46.6. The van der Waals surface area contributed by atoms with Gasteiger partial charge in [0.1, 0.15) is 42.4 Å². The van der Waals surface area contributed by atoms with E-state index in [-0.39, 0.29) is 52.3 Å². The van der Waals surface area contributed by atoms with Crippen molar-refractivity contribution in [3.05, 3.63) is 58.9 Å². The van der Waals surface area contributed by atoms with Gasteiger partial charge in [0.25, 0.3) is 5.69 Å². The quantitative estimate of drug-likeness (QED) is 0.0513. The van der Waals surface area contributed by atoms with Crippen LogP contribution in [0.3, 0.4) is 0 Å². The Bertz CT molecular complexity index is 2180. The van der Waals surface area contributed by atoms with E-state index in [4.69, 9.17) is 46.5 Å². The third kappa shape index (κ3) is 7.20. The van der Waals surface area contributed by atoms with Gasteiger partial charge in [-0.1, -0.05) is 12.1 Å². The van der Waals surface area contributed by atoms with E-state index < -0.39 is 74.0 Å². The molecule has 0 spiro atoms. The van der Waals surface area contributed by atoms with Crippen LogP contribution < -0.4 is 16.2 Å². The van der Waals surface area contributed by atoms with Crippen LogP contribution in [0.4, 0.5) is 21.8 Å². The molecule has 6 heterocycles. The second kappa shape index (κ2) is 14.7. The largest absolute Gasteiger partial charge is 0.476 e. The minimum absolute atomic E-state index is 0.0170. The highest BCUT2D eigenvalue weighted by Crippen LogP contribution is 2.50. The average Bonchev–Trinajstić information content (AvgIpc) is 3.89. The molecule has 2 fully saturated rings. The van der Waals surface area contributed by atoms with Gasteiger partial charge in [0.15, 0.2) is 41.3 Å². The van der Waals surface area contributed by atoms with E-state index in [0.717, 1.165) is 11.9 Å². The number of non-ortho nitro benzene ring substituents is 1. The van der Waals surface area contributed by atoms with Crippen molar-refractivity contribution in [2.45, 2.75) is 55.6 Å². The fourth-order valence-electron chi connectivity index (χ4n) is 5.94. The first kappa shape index (κ1) is 36.7. The highest BCUT2D eigenvalue weighted by atomic mass is 32.5. The molecular weight excluding hydrogens is 748 g/mol. The van der Waals surface area contributed by atoms with Gasteiger partial charge >= 0.3 is 6.72 Å². The van der Waals surface area contributed by atoms with E-state index in [2.05, 4.69) is 29.9 Å². The minimum atomic E-state index is -4.30. The standard InChI is InChI=1S/C28H31FN11O11PS/c29-16-21(14(7-41)49-26(16)38-10-34-17-22(30)32-9-33-23(17)38)51-52(46,53)48-8-15-19(42)20(43)27(50-15)39-11-35-18-24(39)36-28(31)37-25(18)47-6-5-12-1-3-13(4-2-12)40(44)45/h1-4,9-11,14-16,19-21,26-27,41-43H,5-8H2,(H,46,53)(H2,30,32,33)(H2,31,36,37)/t14-,15-,16-,19-,20-,21-,26-,27-,52?/m1/s1. The van der Waals surface area contributed by atoms with Crippen LogP contribution in [0.15, 0.2) is 43.2 Å². The Morgan fingerprint density at radius 3 is 2.40 bits per heavy atom. The van der Waals surface area contributed by atoms with Crippen LogP contribution in [0.25, 0.3) is 22.3 Å². The molecule has 2 saturated heterocycles. The number of ether oxygens (including phenoxy) is 3. The molecule has 2 aliphatic heterocycles. The number of nitrogen functional groups attached to an aromatic ring is 2. The maximum absolute atomic E-state index is 15.8. The van der Waals surface area contributed by atoms with Crippen molar-refractivity contribution in [1.29, 1.82) is 0 Å². The Kier molecular flexibility index (Phi) is 10.2. The van der Waals surface area contributed by atoms with E-state index in [0.29, 0.717) is 6.42 Å². The summed E-state index contributed by atoms with van der Waals surface area (Å²) >= 11 is 5.13. The van der Waals surface area contributed by atoms with Crippen molar-refractivity contribution in [1.82, 2.24) is 39.0 Å². The summed E-state index contributed by atoms with van der Waals surface area (Å²) in [5.41, 5.74) is 13.1. The van der Waals surface area contributed by atoms with Crippen LogP contribution >= 0.6 is 6.72 Å². The van der Waals surface area contributed by atoms with Crippen molar-refractivity contribution >= 4 is 58.3 Å². The van der Waals surface area contributed by atoms with Gasteiger partial charge in [-0.3, -0.25) is 23.8 Å². The summed E-state index contributed by atoms with van der Waals surface area (Å²) in [5, 5.41) is 42.6. The highest BCUT2D eigenvalue weighted by Gasteiger charge is 2.50. The van der Waals surface area contributed by atoms with E-state index >= 15 is 4.39 Å². The van der Waals surface area contributed by atoms with Crippen LogP contribution in [-0.2, 0) is 36.7 Å². The molecule has 282 valence electrons. The number of nitrogens with zero attached hydrogens (tertiary/aromatic N) is 9. The fourth-order valence-corrected chi connectivity index (χ4v) is 7.38. The number of rotatable bonds is 13. The molecule has 0 radical (unpaired) electrons. The number of nitro groups is 1. The lowest BCUT2D eigenvalue weighted by Gasteiger charge is -2.25. The Hall–Kier alpha value is -4.62. The second-order valence-corrected chi connectivity index (χ2v) is 14.7. The lowest BCUT2D eigenvalue weighted by molar-refractivity contribution is -0.384. The van der Waals surface area contributed by atoms with E-state index in [1.807, 2.05) is 0 Å². The molecule has 25 heteroatoms. The molecule has 8 N–H and O–H groups in total. The minimum Gasteiger partial charge on any atom is -0.476 e. The van der Waals surface area contributed by atoms with Gasteiger partial charge in [-0.2, -0.15) is 9.97 Å². The van der Waals surface area contributed by atoms with E-state index in [9.17, 15) is 30.3 Å². The number of aliphatic hydroxyl groups excluding tert-OH is 3. The first-order valence-corrected chi connectivity index (χ1v) is 18.3. The van der Waals surface area contributed by atoms with Crippen LogP contribution in [0.5, 0.6) is 5.88 Å². The van der Waals surface area contributed by atoms with Crippen molar-refractivity contribution in [3.8, 4) is 5.88 Å². The summed E-state index contributed by atoms with van der Waals surface area (Å²) in [7, 11) is 0.